The fourth-order valence-electron chi connectivity index (χ4n) is 4.55. The van der Waals surface area contributed by atoms with Crippen LogP contribution in [0.3, 0.4) is 0 Å². The van der Waals surface area contributed by atoms with Gasteiger partial charge >= 0.3 is 0 Å². The third-order valence-electron chi connectivity index (χ3n) is 6.07. The Hall–Kier alpha value is -3.62. The molecular weight excluding hydrogens is 454 g/mol. The van der Waals surface area contributed by atoms with Crippen molar-refractivity contribution in [3.8, 4) is 27.9 Å². The van der Waals surface area contributed by atoms with Gasteiger partial charge in [-0.25, -0.2) is 0 Å². The van der Waals surface area contributed by atoms with Gasteiger partial charge in [0.1, 0.15) is 0 Å². The first kappa shape index (κ1) is 19.1. The quantitative estimate of drug-likeness (QED) is 0.241. The van der Waals surface area contributed by atoms with Crippen molar-refractivity contribution < 1.29 is 0 Å². The second-order valence-electron chi connectivity index (χ2n) is 7.98. The van der Waals surface area contributed by atoms with Crippen LogP contribution in [-0.2, 0) is 0 Å². The number of nitrogens with zero attached hydrogens (tertiary/aromatic N) is 1. The predicted octanol–water partition coefficient (Wildman–Crippen LogP) is 8.88. The molecule has 0 radical (unpaired) electrons. The van der Waals surface area contributed by atoms with Crippen molar-refractivity contribution in [2.75, 3.05) is 0 Å². The van der Waals surface area contributed by atoms with Crippen molar-refractivity contribution in [2.24, 2.45) is 0 Å². The van der Waals surface area contributed by atoms with E-state index in [4.69, 9.17) is 0 Å². The van der Waals surface area contributed by atoms with E-state index in [1.54, 1.807) is 0 Å². The van der Waals surface area contributed by atoms with E-state index in [1.165, 1.54) is 49.7 Å². The Bertz CT molecular complexity index is 1560. The Balaban J connectivity index is 1.61. The van der Waals surface area contributed by atoms with E-state index < -0.39 is 0 Å². The molecule has 0 fully saturated rings. The van der Waals surface area contributed by atoms with Crippen molar-refractivity contribution in [2.45, 2.75) is 0 Å². The first-order valence-electron chi connectivity index (χ1n) is 10.7. The Labute approximate surface area is 195 Å². The second-order valence-corrected chi connectivity index (χ2v) is 8.84. The molecule has 152 valence electrons. The lowest BCUT2D eigenvalue weighted by Crippen LogP contribution is -1.93. The molecule has 1 nitrogen and oxygen atoms in total. The number of hydrogen-bond acceptors (Lipinski definition) is 0. The molecule has 0 N–H and O–H groups in total. The number of para-hydroxylation sites is 2. The van der Waals surface area contributed by atoms with Crippen LogP contribution in [0.2, 0.25) is 0 Å². The van der Waals surface area contributed by atoms with Crippen LogP contribution in [0.1, 0.15) is 0 Å². The Morgan fingerprint density at radius 1 is 0.469 bits per heavy atom. The minimum atomic E-state index is 1.10. The molecule has 2 heteroatoms. The maximum atomic E-state index is 3.80. The molecule has 0 saturated carbocycles. The van der Waals surface area contributed by atoms with Crippen LogP contribution in [0, 0.1) is 0 Å². The zero-order valence-electron chi connectivity index (χ0n) is 17.4. The highest BCUT2D eigenvalue weighted by atomic mass is 79.9. The summed E-state index contributed by atoms with van der Waals surface area (Å²) in [5, 5.41) is 2.54. The molecule has 0 spiro atoms. The van der Waals surface area contributed by atoms with E-state index in [0.29, 0.717) is 0 Å². The van der Waals surface area contributed by atoms with Crippen LogP contribution >= 0.6 is 15.9 Å². The van der Waals surface area contributed by atoms with E-state index in [0.717, 1.165) is 4.47 Å². The fourth-order valence-corrected chi connectivity index (χ4v) is 5.03. The molecule has 1 heterocycles. The third kappa shape index (κ3) is 3.16. The zero-order valence-corrected chi connectivity index (χ0v) is 19.0. The maximum absolute atomic E-state index is 3.80. The molecule has 0 atom stereocenters. The van der Waals surface area contributed by atoms with Gasteiger partial charge in [-0.15, -0.1) is 0 Å². The molecule has 6 aromatic rings. The lowest BCUT2D eigenvalue weighted by molar-refractivity contribution is 1.18. The van der Waals surface area contributed by atoms with Crippen LogP contribution in [0.15, 0.2) is 126 Å². The predicted molar refractivity (Wildman–Crippen MR) is 139 cm³/mol. The maximum Gasteiger partial charge on any atom is 0.0547 e. The van der Waals surface area contributed by atoms with E-state index in [1.807, 2.05) is 0 Å². The second kappa shape index (κ2) is 7.81. The Kier molecular flexibility index (Phi) is 4.66. The average Bonchev–Trinajstić information content (AvgIpc) is 3.19. The van der Waals surface area contributed by atoms with Crippen molar-refractivity contribution in [1.82, 2.24) is 4.57 Å². The van der Waals surface area contributed by atoms with E-state index in [2.05, 4.69) is 142 Å². The summed E-state index contributed by atoms with van der Waals surface area (Å²) in [5.41, 5.74) is 8.44. The average molecular weight is 474 g/mol. The molecule has 0 bridgehead atoms. The molecule has 0 unspecified atom stereocenters. The molecule has 32 heavy (non-hydrogen) atoms. The van der Waals surface area contributed by atoms with Gasteiger partial charge in [-0.1, -0.05) is 101 Å². The minimum absolute atomic E-state index is 1.10. The molecule has 0 aliphatic heterocycles. The van der Waals surface area contributed by atoms with Crippen LogP contribution in [0.5, 0.6) is 0 Å². The summed E-state index contributed by atoms with van der Waals surface area (Å²) in [6, 6.07) is 43.2. The van der Waals surface area contributed by atoms with Gasteiger partial charge in [-0.05, 0) is 58.7 Å². The number of hydrogen-bond donors (Lipinski definition) is 0. The number of fused-ring (bicyclic) bond motifs is 3. The highest BCUT2D eigenvalue weighted by Gasteiger charge is 2.14. The summed E-state index contributed by atoms with van der Waals surface area (Å²) in [5.74, 6) is 0. The van der Waals surface area contributed by atoms with Crippen LogP contribution in [-0.4, -0.2) is 4.57 Å². The van der Waals surface area contributed by atoms with E-state index >= 15 is 0 Å². The van der Waals surface area contributed by atoms with Crippen LogP contribution in [0.25, 0.3) is 49.7 Å². The lowest BCUT2D eigenvalue weighted by Gasteiger charge is -2.11. The van der Waals surface area contributed by atoms with Crippen LogP contribution < -0.4 is 0 Å². The molecule has 0 aliphatic rings. The number of benzene rings is 5. The van der Waals surface area contributed by atoms with Gasteiger partial charge in [0, 0.05) is 20.9 Å². The smallest absolute Gasteiger partial charge is 0.0547 e. The molecule has 0 amide bonds. The molecule has 6 rings (SSSR count). The highest BCUT2D eigenvalue weighted by Crippen LogP contribution is 2.38. The largest absolute Gasteiger partial charge is 0.309 e. The molecule has 0 aliphatic carbocycles. The molecule has 5 aromatic carbocycles. The van der Waals surface area contributed by atoms with Gasteiger partial charge < -0.3 is 4.57 Å². The monoisotopic (exact) mass is 473 g/mol. The van der Waals surface area contributed by atoms with Gasteiger partial charge in [0.15, 0.2) is 0 Å². The molecular formula is C30H20BrN. The SMILES string of the molecule is Brc1ccc(-c2ccccc2)cc1-c1ccc2c3ccccc3n(-c3ccccc3)c2c1. The number of rotatable bonds is 3. The lowest BCUT2D eigenvalue weighted by atomic mass is 9.98. The van der Waals surface area contributed by atoms with Gasteiger partial charge in [-0.2, -0.15) is 0 Å². The van der Waals surface area contributed by atoms with Crippen molar-refractivity contribution in [3.05, 3.63) is 126 Å². The van der Waals surface area contributed by atoms with Crippen molar-refractivity contribution in [1.29, 1.82) is 0 Å². The number of aromatic nitrogens is 1. The van der Waals surface area contributed by atoms with Gasteiger partial charge in [0.25, 0.3) is 0 Å². The fraction of sp³-hybridized carbons (Fsp3) is 0. The van der Waals surface area contributed by atoms with Gasteiger partial charge in [0.2, 0.25) is 0 Å². The summed E-state index contributed by atoms with van der Waals surface area (Å²) in [6.07, 6.45) is 0. The topological polar surface area (TPSA) is 4.93 Å². The highest BCUT2D eigenvalue weighted by molar-refractivity contribution is 9.10. The van der Waals surface area contributed by atoms with Gasteiger partial charge in [-0.3, -0.25) is 0 Å². The first-order chi connectivity index (χ1) is 15.8. The summed E-state index contributed by atoms with van der Waals surface area (Å²) >= 11 is 3.80. The third-order valence-corrected chi connectivity index (χ3v) is 6.76. The Morgan fingerprint density at radius 2 is 1.12 bits per heavy atom. The molecule has 1 aromatic heterocycles. The summed E-state index contributed by atoms with van der Waals surface area (Å²) in [7, 11) is 0. The van der Waals surface area contributed by atoms with E-state index in [-0.39, 0.29) is 0 Å². The van der Waals surface area contributed by atoms with Crippen molar-refractivity contribution in [3.63, 3.8) is 0 Å². The van der Waals surface area contributed by atoms with Crippen LogP contribution in [0.4, 0.5) is 0 Å². The summed E-state index contributed by atoms with van der Waals surface area (Å²) in [4.78, 5) is 0. The normalized spacial score (nSPS) is 11.3. The Morgan fingerprint density at radius 3 is 1.94 bits per heavy atom. The van der Waals surface area contributed by atoms with Gasteiger partial charge in [0.05, 0.1) is 11.0 Å². The number of halogens is 1. The van der Waals surface area contributed by atoms with E-state index in [9.17, 15) is 0 Å². The minimum Gasteiger partial charge on any atom is -0.309 e. The van der Waals surface area contributed by atoms with Crippen molar-refractivity contribution >= 4 is 37.7 Å². The summed E-state index contributed by atoms with van der Waals surface area (Å²) < 4.78 is 3.46. The summed E-state index contributed by atoms with van der Waals surface area (Å²) in [6.45, 7) is 0. The molecule has 0 saturated heterocycles. The first-order valence-corrected chi connectivity index (χ1v) is 11.5. The standard InChI is InChI=1S/C30H20BrN/c31-28-18-16-22(21-9-3-1-4-10-21)19-27(28)23-15-17-26-25-13-7-8-14-29(25)32(30(26)20-23)24-11-5-2-6-12-24/h1-20H. The zero-order chi connectivity index (χ0) is 21.5.